The molecule has 0 amide bonds. The predicted molar refractivity (Wildman–Crippen MR) is 60.2 cm³/mol. The van der Waals surface area contributed by atoms with Gasteiger partial charge in [0.1, 0.15) is 5.82 Å². The van der Waals surface area contributed by atoms with E-state index in [1.165, 1.54) is 6.07 Å². The molecule has 2 aromatic rings. The van der Waals surface area contributed by atoms with E-state index in [-0.39, 0.29) is 11.9 Å². The third-order valence-corrected chi connectivity index (χ3v) is 2.58. The Hall–Kier alpha value is -1.35. The number of nitrogens with two attached hydrogens (primary N) is 1. The molecule has 0 spiro atoms. The van der Waals surface area contributed by atoms with Crippen molar-refractivity contribution in [1.82, 2.24) is 4.57 Å². The number of hydrogen-bond donors (Lipinski definition) is 1. The third kappa shape index (κ3) is 1.88. The maximum Gasteiger partial charge on any atom is 0.123 e. The lowest BCUT2D eigenvalue weighted by molar-refractivity contribution is 0.629. The van der Waals surface area contributed by atoms with Crippen molar-refractivity contribution < 1.29 is 4.39 Å². The molecule has 0 fully saturated rings. The van der Waals surface area contributed by atoms with E-state index in [1.54, 1.807) is 12.1 Å². The first-order chi connectivity index (χ1) is 7.08. The highest BCUT2D eigenvalue weighted by Gasteiger charge is 2.08. The summed E-state index contributed by atoms with van der Waals surface area (Å²) in [6, 6.07) is 4.96. The lowest BCUT2D eigenvalue weighted by Gasteiger charge is -2.02. The van der Waals surface area contributed by atoms with Gasteiger partial charge in [-0.25, -0.2) is 4.39 Å². The monoisotopic (exact) mass is 206 g/mol. The zero-order chi connectivity index (χ0) is 11.0. The summed E-state index contributed by atoms with van der Waals surface area (Å²) in [6.45, 7) is 1.96. The van der Waals surface area contributed by atoms with Crippen LogP contribution in [0.15, 0.2) is 24.4 Å². The van der Waals surface area contributed by atoms with Crippen LogP contribution in [0.4, 0.5) is 4.39 Å². The fourth-order valence-electron chi connectivity index (χ4n) is 1.96. The molecule has 0 unspecified atom stereocenters. The summed E-state index contributed by atoms with van der Waals surface area (Å²) < 4.78 is 15.1. The molecule has 0 radical (unpaired) electrons. The maximum atomic E-state index is 13.1. The predicted octanol–water partition coefficient (Wildman–Crippen LogP) is 2.21. The van der Waals surface area contributed by atoms with Crippen LogP contribution in [0.2, 0.25) is 0 Å². The number of rotatable bonds is 2. The first kappa shape index (κ1) is 10.2. The molecule has 0 aliphatic heterocycles. The summed E-state index contributed by atoms with van der Waals surface area (Å²) in [6.07, 6.45) is 2.80. The number of aromatic nitrogens is 1. The van der Waals surface area contributed by atoms with Crippen LogP contribution in [0.25, 0.3) is 10.9 Å². The van der Waals surface area contributed by atoms with Gasteiger partial charge in [0.25, 0.3) is 0 Å². The molecule has 1 atom stereocenters. The molecule has 0 saturated heterocycles. The van der Waals surface area contributed by atoms with Gasteiger partial charge >= 0.3 is 0 Å². The Labute approximate surface area is 88.5 Å². The Balaban J connectivity index is 2.59. The molecule has 3 heteroatoms. The van der Waals surface area contributed by atoms with Gasteiger partial charge in [0.15, 0.2) is 0 Å². The largest absolute Gasteiger partial charge is 0.350 e. The average Bonchev–Trinajstić information content (AvgIpc) is 2.42. The van der Waals surface area contributed by atoms with Crippen LogP contribution in [0.5, 0.6) is 0 Å². The normalized spacial score (nSPS) is 13.3. The second-order valence-corrected chi connectivity index (χ2v) is 4.11. The van der Waals surface area contributed by atoms with Gasteiger partial charge in [-0.15, -0.1) is 0 Å². The van der Waals surface area contributed by atoms with Crippen LogP contribution in [-0.2, 0) is 13.5 Å². The third-order valence-electron chi connectivity index (χ3n) is 2.58. The summed E-state index contributed by atoms with van der Waals surface area (Å²) >= 11 is 0. The minimum atomic E-state index is -0.195. The highest BCUT2D eigenvalue weighted by molar-refractivity contribution is 5.84. The molecule has 0 bridgehead atoms. The van der Waals surface area contributed by atoms with Gasteiger partial charge in [-0.1, -0.05) is 0 Å². The van der Waals surface area contributed by atoms with Crippen LogP contribution in [0.1, 0.15) is 12.5 Å². The van der Waals surface area contributed by atoms with Gasteiger partial charge in [-0.05, 0) is 37.1 Å². The number of halogens is 1. The van der Waals surface area contributed by atoms with Gasteiger partial charge in [0.05, 0.1) is 0 Å². The van der Waals surface area contributed by atoms with Crippen molar-refractivity contribution in [2.45, 2.75) is 19.4 Å². The first-order valence-corrected chi connectivity index (χ1v) is 5.07. The van der Waals surface area contributed by atoms with Crippen molar-refractivity contribution >= 4 is 10.9 Å². The van der Waals surface area contributed by atoms with E-state index in [1.807, 2.05) is 24.7 Å². The summed E-state index contributed by atoms with van der Waals surface area (Å²) in [4.78, 5) is 0. The molecular weight excluding hydrogens is 191 g/mol. The van der Waals surface area contributed by atoms with Crippen molar-refractivity contribution in [3.05, 3.63) is 35.8 Å². The maximum absolute atomic E-state index is 13.1. The van der Waals surface area contributed by atoms with Gasteiger partial charge in [0, 0.05) is 30.2 Å². The van der Waals surface area contributed by atoms with Crippen LogP contribution in [-0.4, -0.2) is 10.6 Å². The number of fused-ring (bicyclic) bond motifs is 1. The van der Waals surface area contributed by atoms with Crippen molar-refractivity contribution in [1.29, 1.82) is 0 Å². The molecule has 0 saturated carbocycles. The van der Waals surface area contributed by atoms with Gasteiger partial charge < -0.3 is 10.3 Å². The highest BCUT2D eigenvalue weighted by Crippen LogP contribution is 2.22. The highest BCUT2D eigenvalue weighted by atomic mass is 19.1. The van der Waals surface area contributed by atoms with Crippen molar-refractivity contribution in [2.24, 2.45) is 12.8 Å². The van der Waals surface area contributed by atoms with Crippen molar-refractivity contribution in [3.8, 4) is 0 Å². The Bertz CT molecular complexity index is 486. The van der Waals surface area contributed by atoms with Crippen LogP contribution >= 0.6 is 0 Å². The van der Waals surface area contributed by atoms with E-state index in [2.05, 4.69) is 0 Å². The molecule has 1 heterocycles. The Morgan fingerprint density at radius 2 is 2.20 bits per heavy atom. The number of aryl methyl sites for hydroxylation is 1. The molecule has 1 aromatic carbocycles. The van der Waals surface area contributed by atoms with E-state index < -0.39 is 0 Å². The summed E-state index contributed by atoms with van der Waals surface area (Å²) in [5.41, 5.74) is 7.92. The summed E-state index contributed by atoms with van der Waals surface area (Å²) in [5, 5.41) is 0.967. The summed E-state index contributed by atoms with van der Waals surface area (Å²) in [7, 11) is 1.96. The molecule has 0 aliphatic rings. The topological polar surface area (TPSA) is 30.9 Å². The fourth-order valence-corrected chi connectivity index (χ4v) is 1.96. The minimum Gasteiger partial charge on any atom is -0.350 e. The lowest BCUT2D eigenvalue weighted by atomic mass is 10.1. The molecule has 80 valence electrons. The molecule has 2 nitrogen and oxygen atoms in total. The Kier molecular flexibility index (Phi) is 2.49. The first-order valence-electron chi connectivity index (χ1n) is 5.07. The van der Waals surface area contributed by atoms with Crippen molar-refractivity contribution in [2.75, 3.05) is 0 Å². The number of hydrogen-bond acceptors (Lipinski definition) is 1. The number of benzene rings is 1. The van der Waals surface area contributed by atoms with Crippen LogP contribution in [0.3, 0.4) is 0 Å². The van der Waals surface area contributed by atoms with E-state index in [0.717, 1.165) is 22.9 Å². The second kappa shape index (κ2) is 3.66. The Morgan fingerprint density at radius 1 is 1.47 bits per heavy atom. The van der Waals surface area contributed by atoms with Gasteiger partial charge in [-0.3, -0.25) is 0 Å². The molecule has 1 aromatic heterocycles. The minimum absolute atomic E-state index is 0.0962. The second-order valence-electron chi connectivity index (χ2n) is 4.11. The van der Waals surface area contributed by atoms with E-state index >= 15 is 0 Å². The molecule has 0 aliphatic carbocycles. The van der Waals surface area contributed by atoms with Crippen LogP contribution < -0.4 is 5.73 Å². The average molecular weight is 206 g/mol. The van der Waals surface area contributed by atoms with Gasteiger partial charge in [-0.2, -0.15) is 0 Å². The molecule has 15 heavy (non-hydrogen) atoms. The van der Waals surface area contributed by atoms with E-state index in [4.69, 9.17) is 5.73 Å². The molecule has 2 N–H and O–H groups in total. The quantitative estimate of drug-likeness (QED) is 0.802. The molecular formula is C12H15FN2. The standard InChI is InChI=1S/C12H15FN2/c1-8(14)5-9-7-15(2)12-4-3-10(13)6-11(9)12/h3-4,6-8H,5,14H2,1-2H3/t8-/m1/s1. The van der Waals surface area contributed by atoms with Gasteiger partial charge in [0.2, 0.25) is 0 Å². The zero-order valence-electron chi connectivity index (χ0n) is 9.00. The summed E-state index contributed by atoms with van der Waals surface area (Å²) in [5.74, 6) is -0.195. The Morgan fingerprint density at radius 3 is 2.87 bits per heavy atom. The van der Waals surface area contributed by atoms with E-state index in [0.29, 0.717) is 0 Å². The smallest absolute Gasteiger partial charge is 0.123 e. The lowest BCUT2D eigenvalue weighted by Crippen LogP contribution is -2.17. The fraction of sp³-hybridized carbons (Fsp3) is 0.333. The number of nitrogens with zero attached hydrogens (tertiary/aromatic N) is 1. The van der Waals surface area contributed by atoms with Crippen LogP contribution in [0, 0.1) is 5.82 Å². The van der Waals surface area contributed by atoms with Crippen molar-refractivity contribution in [3.63, 3.8) is 0 Å². The SMILES string of the molecule is C[C@@H](N)Cc1cn(C)c2ccc(F)cc12. The van der Waals surface area contributed by atoms with E-state index in [9.17, 15) is 4.39 Å². The molecule has 2 rings (SSSR count). The zero-order valence-corrected chi connectivity index (χ0v) is 9.00.